The number of rotatable bonds is 7. The predicted molar refractivity (Wildman–Crippen MR) is 90.9 cm³/mol. The third-order valence-electron chi connectivity index (χ3n) is 3.09. The van der Waals surface area contributed by atoms with E-state index in [-0.39, 0.29) is 5.82 Å². The van der Waals surface area contributed by atoms with Gasteiger partial charge in [0.15, 0.2) is 0 Å². The molecule has 9 heteroatoms. The predicted octanol–water partition coefficient (Wildman–Crippen LogP) is 2.35. The molecule has 132 valence electrons. The van der Waals surface area contributed by atoms with Crippen LogP contribution in [0, 0.1) is 10.1 Å². The van der Waals surface area contributed by atoms with Gasteiger partial charge < -0.3 is 19.6 Å². The van der Waals surface area contributed by atoms with E-state index in [1.54, 1.807) is 24.3 Å². The van der Waals surface area contributed by atoms with Gasteiger partial charge in [0.1, 0.15) is 17.3 Å². The van der Waals surface area contributed by atoms with Crippen LogP contribution in [-0.4, -0.2) is 33.2 Å². The first-order valence-electron chi connectivity index (χ1n) is 7.51. The van der Waals surface area contributed by atoms with Gasteiger partial charge in [-0.25, -0.2) is 0 Å². The second-order valence-electron chi connectivity index (χ2n) is 4.78. The van der Waals surface area contributed by atoms with Crippen molar-refractivity contribution in [3.8, 4) is 17.4 Å². The molecule has 1 aromatic heterocycles. The maximum atomic E-state index is 11.6. The molecule has 0 aliphatic heterocycles. The highest BCUT2D eigenvalue weighted by atomic mass is 16.6. The van der Waals surface area contributed by atoms with E-state index in [1.807, 2.05) is 13.8 Å². The van der Waals surface area contributed by atoms with Crippen LogP contribution in [0.5, 0.6) is 17.4 Å². The van der Waals surface area contributed by atoms with E-state index >= 15 is 0 Å². The van der Waals surface area contributed by atoms with E-state index in [0.29, 0.717) is 30.3 Å². The highest BCUT2D eigenvalue weighted by molar-refractivity contribution is 5.71. The Bertz CT molecular complexity index is 859. The summed E-state index contributed by atoms with van der Waals surface area (Å²) in [4.78, 5) is 27.1. The van der Waals surface area contributed by atoms with Gasteiger partial charge in [-0.1, -0.05) is 0 Å². The fraction of sp³-hybridized carbons (Fsp3) is 0.250. The van der Waals surface area contributed by atoms with E-state index in [4.69, 9.17) is 9.47 Å². The average molecular weight is 347 g/mol. The Labute approximate surface area is 142 Å². The molecule has 0 amide bonds. The second-order valence-corrected chi connectivity index (χ2v) is 4.78. The third kappa shape index (κ3) is 4.34. The molecule has 0 bridgehead atoms. The van der Waals surface area contributed by atoms with Crippen molar-refractivity contribution in [3.63, 3.8) is 0 Å². The van der Waals surface area contributed by atoms with Crippen LogP contribution in [0.15, 0.2) is 23.0 Å². The van der Waals surface area contributed by atoms with Crippen molar-refractivity contribution in [1.29, 1.82) is 0 Å². The summed E-state index contributed by atoms with van der Waals surface area (Å²) in [5.41, 5.74) is -1.34. The van der Waals surface area contributed by atoms with E-state index in [0.717, 1.165) is 0 Å². The first kappa shape index (κ1) is 18.0. The molecule has 2 aromatic rings. The first-order chi connectivity index (χ1) is 12.0. The summed E-state index contributed by atoms with van der Waals surface area (Å²) >= 11 is 0. The van der Waals surface area contributed by atoms with Crippen LogP contribution >= 0.6 is 0 Å². The number of aromatic hydroxyl groups is 1. The molecule has 0 saturated heterocycles. The zero-order valence-electron chi connectivity index (χ0n) is 13.7. The number of nitrogens with zero attached hydrogens (tertiary/aromatic N) is 2. The summed E-state index contributed by atoms with van der Waals surface area (Å²) in [5, 5.41) is 20.2. The number of aromatic amines is 1. The van der Waals surface area contributed by atoms with Crippen LogP contribution in [0.1, 0.15) is 25.2 Å². The second kappa shape index (κ2) is 7.95. The van der Waals surface area contributed by atoms with Gasteiger partial charge in [0.05, 0.1) is 18.1 Å². The van der Waals surface area contributed by atoms with Crippen LogP contribution in [0.2, 0.25) is 0 Å². The Morgan fingerprint density at radius 3 is 2.60 bits per heavy atom. The number of benzene rings is 1. The molecule has 25 heavy (non-hydrogen) atoms. The van der Waals surface area contributed by atoms with E-state index in [9.17, 15) is 20.0 Å². The largest absolute Gasteiger partial charge is 0.494 e. The van der Waals surface area contributed by atoms with Gasteiger partial charge in [-0.2, -0.15) is 4.98 Å². The minimum absolute atomic E-state index is 0.0237. The zero-order chi connectivity index (χ0) is 18.4. The molecule has 0 fully saturated rings. The highest BCUT2D eigenvalue weighted by Gasteiger charge is 2.21. The molecule has 0 atom stereocenters. The molecule has 9 nitrogen and oxygen atoms in total. The highest BCUT2D eigenvalue weighted by Crippen LogP contribution is 2.27. The lowest BCUT2D eigenvalue weighted by Crippen LogP contribution is -2.14. The SMILES string of the molecule is CCOc1ccc(/C=C\c2nc(O)c([N+](=O)[O-])c(=O)[nH]2)c(OCC)c1. The Balaban J connectivity index is 2.35. The van der Waals surface area contributed by atoms with Gasteiger partial charge in [0, 0.05) is 11.6 Å². The Kier molecular flexibility index (Phi) is 5.72. The summed E-state index contributed by atoms with van der Waals surface area (Å²) in [6.07, 6.45) is 3.01. The third-order valence-corrected chi connectivity index (χ3v) is 3.09. The van der Waals surface area contributed by atoms with Gasteiger partial charge >= 0.3 is 11.2 Å². The Hall–Kier alpha value is -3.36. The van der Waals surface area contributed by atoms with Crippen molar-refractivity contribution in [1.82, 2.24) is 9.97 Å². The monoisotopic (exact) mass is 347 g/mol. The van der Waals surface area contributed by atoms with Crippen LogP contribution in [0.4, 0.5) is 5.69 Å². The fourth-order valence-electron chi connectivity index (χ4n) is 2.07. The number of nitrogens with one attached hydrogen (secondary N) is 1. The number of ether oxygens (including phenoxy) is 2. The van der Waals surface area contributed by atoms with Crippen LogP contribution in [0.25, 0.3) is 12.2 Å². The van der Waals surface area contributed by atoms with Gasteiger partial charge in [-0.05, 0) is 38.1 Å². The van der Waals surface area contributed by atoms with E-state index in [1.165, 1.54) is 6.08 Å². The van der Waals surface area contributed by atoms with Crippen LogP contribution in [0.3, 0.4) is 0 Å². The summed E-state index contributed by atoms with van der Waals surface area (Å²) in [7, 11) is 0. The molecule has 0 spiro atoms. The molecule has 2 N–H and O–H groups in total. The molecular weight excluding hydrogens is 330 g/mol. The lowest BCUT2D eigenvalue weighted by Gasteiger charge is -2.10. The summed E-state index contributed by atoms with van der Waals surface area (Å²) in [5.74, 6) is 0.260. The molecule has 1 aromatic carbocycles. The van der Waals surface area contributed by atoms with Gasteiger partial charge in [0.2, 0.25) is 0 Å². The lowest BCUT2D eigenvalue weighted by atomic mass is 10.1. The van der Waals surface area contributed by atoms with Crippen molar-refractivity contribution in [3.05, 3.63) is 50.1 Å². The van der Waals surface area contributed by atoms with Gasteiger partial charge in [-0.15, -0.1) is 0 Å². The van der Waals surface area contributed by atoms with Crippen molar-refractivity contribution >= 4 is 17.8 Å². The molecular formula is C16H17N3O6. The number of hydrogen-bond acceptors (Lipinski definition) is 7. The smallest absolute Gasteiger partial charge is 0.395 e. The zero-order valence-corrected chi connectivity index (χ0v) is 13.7. The maximum Gasteiger partial charge on any atom is 0.395 e. The number of nitro groups is 1. The summed E-state index contributed by atoms with van der Waals surface area (Å²) < 4.78 is 11.0. The van der Waals surface area contributed by atoms with Crippen molar-refractivity contribution in [2.45, 2.75) is 13.8 Å². The minimum Gasteiger partial charge on any atom is -0.494 e. The normalized spacial score (nSPS) is 10.8. The molecule has 1 heterocycles. The number of H-pyrrole nitrogens is 1. The topological polar surface area (TPSA) is 128 Å². The van der Waals surface area contributed by atoms with Crippen LogP contribution in [-0.2, 0) is 0 Å². The molecule has 0 saturated carbocycles. The maximum absolute atomic E-state index is 11.6. The molecule has 0 aliphatic carbocycles. The number of aromatic nitrogens is 2. The summed E-state index contributed by atoms with van der Waals surface area (Å²) in [6, 6.07) is 5.25. The van der Waals surface area contributed by atoms with Gasteiger partial charge in [-0.3, -0.25) is 14.9 Å². The van der Waals surface area contributed by atoms with Crippen LogP contribution < -0.4 is 15.0 Å². The molecule has 0 radical (unpaired) electrons. The standard InChI is InChI=1S/C16H17N3O6/c1-3-24-11-7-5-10(12(9-11)25-4-2)6-8-13-17-15(20)14(19(22)23)16(21)18-13/h5-9H,3-4H2,1-2H3,(H2,17,18,20,21)/b8-6-. The van der Waals surface area contributed by atoms with E-state index < -0.39 is 22.0 Å². The minimum atomic E-state index is -1.03. The quantitative estimate of drug-likeness (QED) is 0.581. The summed E-state index contributed by atoms with van der Waals surface area (Å²) in [6.45, 7) is 4.68. The van der Waals surface area contributed by atoms with Gasteiger partial charge in [0.25, 0.3) is 5.88 Å². The lowest BCUT2D eigenvalue weighted by molar-refractivity contribution is -0.387. The Morgan fingerprint density at radius 1 is 1.28 bits per heavy atom. The fourth-order valence-corrected chi connectivity index (χ4v) is 2.07. The molecule has 0 aliphatic rings. The first-order valence-corrected chi connectivity index (χ1v) is 7.51. The average Bonchev–Trinajstić information content (AvgIpc) is 2.53. The van der Waals surface area contributed by atoms with Crippen molar-refractivity contribution in [2.24, 2.45) is 0 Å². The van der Waals surface area contributed by atoms with Crippen molar-refractivity contribution in [2.75, 3.05) is 13.2 Å². The van der Waals surface area contributed by atoms with E-state index in [2.05, 4.69) is 9.97 Å². The Morgan fingerprint density at radius 2 is 2.00 bits per heavy atom. The molecule has 0 unspecified atom stereocenters. The van der Waals surface area contributed by atoms with Crippen molar-refractivity contribution < 1.29 is 19.5 Å². The molecule has 2 rings (SSSR count). The number of hydrogen-bond donors (Lipinski definition) is 2.